The molecule has 2 saturated heterocycles. The first-order valence-corrected chi connectivity index (χ1v) is 23.5. The molecule has 1 spiro atoms. The lowest BCUT2D eigenvalue weighted by atomic mass is 9.59. The molecule has 2 saturated carbocycles. The van der Waals surface area contributed by atoms with E-state index in [1.54, 1.807) is 49.5 Å². The summed E-state index contributed by atoms with van der Waals surface area (Å²) in [6.07, 6.45) is 7.46. The number of piperidine rings is 1. The molecular formula is C46H51F3N8O7S. The van der Waals surface area contributed by atoms with Crippen LogP contribution in [0.25, 0.3) is 11.0 Å². The number of amides is 1. The van der Waals surface area contributed by atoms with Crippen molar-refractivity contribution in [3.05, 3.63) is 106 Å². The van der Waals surface area contributed by atoms with Crippen molar-refractivity contribution >= 4 is 44.2 Å². The summed E-state index contributed by atoms with van der Waals surface area (Å²) in [5, 5.41) is 26.1. The van der Waals surface area contributed by atoms with Gasteiger partial charge in [-0.05, 0) is 125 Å². The van der Waals surface area contributed by atoms with Crippen LogP contribution >= 0.6 is 0 Å². The number of hydrogen-bond acceptors (Lipinski definition) is 12. The zero-order valence-corrected chi connectivity index (χ0v) is 36.6. The van der Waals surface area contributed by atoms with Crippen molar-refractivity contribution in [2.24, 2.45) is 11.3 Å². The summed E-state index contributed by atoms with van der Waals surface area (Å²) in [6.45, 7) is 4.27. The van der Waals surface area contributed by atoms with Gasteiger partial charge in [-0.1, -0.05) is 18.2 Å². The Morgan fingerprint density at radius 2 is 1.75 bits per heavy atom. The number of sulfonamides is 1. The highest BCUT2D eigenvalue weighted by Crippen LogP contribution is 2.54. The molecule has 19 heteroatoms. The summed E-state index contributed by atoms with van der Waals surface area (Å²) in [4.78, 5) is 40.6. The number of aromatic nitrogens is 3. The first-order chi connectivity index (χ1) is 31.0. The minimum Gasteiger partial charge on any atom is -0.455 e. The number of halogens is 3. The van der Waals surface area contributed by atoms with E-state index in [0.29, 0.717) is 68.7 Å². The Morgan fingerprint density at radius 1 is 1.00 bits per heavy atom. The number of carbonyl (C=O) groups excluding carboxylic acids is 1. The van der Waals surface area contributed by atoms with Gasteiger partial charge < -0.3 is 25.0 Å². The van der Waals surface area contributed by atoms with E-state index in [0.717, 1.165) is 62.0 Å². The van der Waals surface area contributed by atoms with Gasteiger partial charge in [0.15, 0.2) is 0 Å². The highest BCUT2D eigenvalue weighted by Gasteiger charge is 2.50. The van der Waals surface area contributed by atoms with Crippen molar-refractivity contribution < 1.29 is 41.2 Å². The van der Waals surface area contributed by atoms with E-state index in [2.05, 4.69) is 30.1 Å². The van der Waals surface area contributed by atoms with E-state index in [1.807, 2.05) is 4.72 Å². The SMILES string of the molecule is CC1(O)CCC(CNc2ncc(S(=O)(=O)NC(=O)c3ccc(N4CCC5(CC4)CC(N4CCC[C@@H]4c4ccccc4C(F)(F)F)C5)cc3Oc3cnc4[nH]ccc4c3)cc2[N+](=O)[O-])CC1. The third kappa shape index (κ3) is 9.36. The van der Waals surface area contributed by atoms with E-state index >= 15 is 0 Å². The molecule has 3 aromatic heterocycles. The molecule has 2 aliphatic heterocycles. The van der Waals surface area contributed by atoms with Gasteiger partial charge in [0.1, 0.15) is 22.0 Å². The number of anilines is 2. The normalized spacial score (nSPS) is 22.8. The van der Waals surface area contributed by atoms with Gasteiger partial charge in [-0.3, -0.25) is 19.8 Å². The van der Waals surface area contributed by atoms with Crippen LogP contribution in [0.15, 0.2) is 84.1 Å². The number of pyridine rings is 2. The maximum Gasteiger partial charge on any atom is 0.416 e. The maximum atomic E-state index is 14.0. The molecule has 2 aliphatic carbocycles. The minimum atomic E-state index is -4.68. The molecule has 4 aliphatic rings. The molecule has 4 N–H and O–H groups in total. The number of fused-ring (bicyclic) bond motifs is 1. The summed E-state index contributed by atoms with van der Waals surface area (Å²) >= 11 is 0. The van der Waals surface area contributed by atoms with E-state index in [-0.39, 0.29) is 40.5 Å². The number of nitrogens with zero attached hydrogens (tertiary/aromatic N) is 5. The maximum absolute atomic E-state index is 14.0. The Balaban J connectivity index is 0.895. The zero-order chi connectivity index (χ0) is 45.7. The molecule has 15 nitrogen and oxygen atoms in total. The fraction of sp³-hybridized carbons (Fsp3) is 0.457. The highest BCUT2D eigenvalue weighted by molar-refractivity contribution is 7.90. The molecule has 0 radical (unpaired) electrons. The molecule has 0 unspecified atom stereocenters. The lowest BCUT2D eigenvalue weighted by molar-refractivity contribution is -0.384. The Kier molecular flexibility index (Phi) is 11.8. The number of hydrogen-bond donors (Lipinski definition) is 4. The molecule has 5 heterocycles. The highest BCUT2D eigenvalue weighted by atomic mass is 32.2. The number of likely N-dealkylation sites (tertiary alicyclic amines) is 1. The summed E-state index contributed by atoms with van der Waals surface area (Å²) < 4.78 is 77.6. The number of rotatable bonds is 12. The number of carbonyl (C=O) groups is 1. The molecule has 1 atom stereocenters. The number of benzene rings is 2. The number of aliphatic hydroxyl groups is 1. The summed E-state index contributed by atoms with van der Waals surface area (Å²) in [6, 6.07) is 15.1. The third-order valence-corrected chi connectivity index (χ3v) is 15.3. The topological polar surface area (TPSA) is 196 Å². The number of nitrogens with one attached hydrogen (secondary N) is 3. The summed E-state index contributed by atoms with van der Waals surface area (Å²) in [5.74, 6) is -0.644. The average molecular weight is 917 g/mol. The minimum absolute atomic E-state index is 0.0583. The van der Waals surface area contributed by atoms with Crippen molar-refractivity contribution in [2.45, 2.75) is 99.9 Å². The molecule has 5 aromatic rings. The van der Waals surface area contributed by atoms with Gasteiger partial charge in [0, 0.05) is 61.1 Å². The van der Waals surface area contributed by atoms with Gasteiger partial charge in [0.2, 0.25) is 5.82 Å². The number of aromatic amines is 1. The van der Waals surface area contributed by atoms with E-state index in [4.69, 9.17) is 4.74 Å². The Bertz CT molecular complexity index is 2700. The monoisotopic (exact) mass is 916 g/mol. The van der Waals surface area contributed by atoms with Crippen LogP contribution in [0.2, 0.25) is 0 Å². The zero-order valence-electron chi connectivity index (χ0n) is 35.8. The third-order valence-electron chi connectivity index (χ3n) is 14.0. The van der Waals surface area contributed by atoms with Gasteiger partial charge in [-0.2, -0.15) is 13.2 Å². The number of alkyl halides is 3. The summed E-state index contributed by atoms with van der Waals surface area (Å²) in [5.41, 5.74) is -0.195. The first-order valence-electron chi connectivity index (χ1n) is 22.1. The van der Waals surface area contributed by atoms with Crippen LogP contribution in [0.1, 0.15) is 98.7 Å². The van der Waals surface area contributed by atoms with Crippen molar-refractivity contribution in [2.75, 3.05) is 36.4 Å². The van der Waals surface area contributed by atoms with Gasteiger partial charge >= 0.3 is 11.9 Å². The Morgan fingerprint density at radius 3 is 2.49 bits per heavy atom. The molecule has 0 bridgehead atoms. The number of ether oxygens (including phenoxy) is 1. The largest absolute Gasteiger partial charge is 0.455 e. The van der Waals surface area contributed by atoms with Crippen molar-refractivity contribution in [1.29, 1.82) is 0 Å². The molecule has 344 valence electrons. The van der Waals surface area contributed by atoms with Crippen LogP contribution < -0.4 is 19.7 Å². The predicted octanol–water partition coefficient (Wildman–Crippen LogP) is 8.74. The molecule has 2 aromatic carbocycles. The van der Waals surface area contributed by atoms with Crippen LogP contribution in [-0.2, 0) is 16.2 Å². The molecule has 1 amide bonds. The standard InChI is InChI=1S/C46H51F3N8O7S/c1-44(59)13-10-29(11-14-44)26-51-42-39(57(60)61)23-34(28-53-42)65(62,63)54-43(58)36-9-8-31(22-40(36)64-33-21-30-12-17-50-41(30)52-27-33)55-19-15-45(16-20-55)24-32(25-45)56-18-4-7-38(56)35-5-2-3-6-37(35)46(47,48)49/h2-3,5-6,8-9,12,17,21-23,27-29,32,38,59H,4,7,10-11,13-16,18-20,24-26H2,1H3,(H,50,52)(H,51,53)(H,54,58)/t29?,38-,44?/m1/s1. The van der Waals surface area contributed by atoms with Gasteiger partial charge in [-0.15, -0.1) is 0 Å². The Hall–Kier alpha value is -5.79. The summed E-state index contributed by atoms with van der Waals surface area (Å²) in [7, 11) is -4.68. The second-order valence-corrected chi connectivity index (χ2v) is 20.1. The predicted molar refractivity (Wildman–Crippen MR) is 236 cm³/mol. The van der Waals surface area contributed by atoms with Gasteiger partial charge in [-0.25, -0.2) is 23.1 Å². The first kappa shape index (κ1) is 44.4. The second kappa shape index (κ2) is 17.2. The van der Waals surface area contributed by atoms with E-state index in [9.17, 15) is 41.6 Å². The van der Waals surface area contributed by atoms with Crippen LogP contribution in [0.3, 0.4) is 0 Å². The van der Waals surface area contributed by atoms with Crippen molar-refractivity contribution in [1.82, 2.24) is 24.6 Å². The molecule has 4 fully saturated rings. The lowest BCUT2D eigenvalue weighted by Crippen LogP contribution is -2.55. The quantitative estimate of drug-likeness (QED) is 0.0688. The molecule has 9 rings (SSSR count). The Labute approximate surface area is 374 Å². The molecular weight excluding hydrogens is 866 g/mol. The average Bonchev–Trinajstić information content (AvgIpc) is 3.95. The second-order valence-electron chi connectivity index (χ2n) is 18.5. The number of H-pyrrole nitrogens is 1. The van der Waals surface area contributed by atoms with E-state index < -0.39 is 48.8 Å². The van der Waals surface area contributed by atoms with Crippen molar-refractivity contribution in [3.63, 3.8) is 0 Å². The van der Waals surface area contributed by atoms with Crippen LogP contribution in [-0.4, -0.2) is 82.0 Å². The van der Waals surface area contributed by atoms with Crippen molar-refractivity contribution in [3.8, 4) is 11.5 Å². The fourth-order valence-corrected chi connectivity index (χ4v) is 11.3. The van der Waals surface area contributed by atoms with Gasteiger partial charge in [0.05, 0.1) is 34.0 Å². The van der Waals surface area contributed by atoms with E-state index in [1.165, 1.54) is 24.4 Å². The van der Waals surface area contributed by atoms with Crippen LogP contribution in [0.4, 0.5) is 30.4 Å². The van der Waals surface area contributed by atoms with Crippen LogP contribution in [0.5, 0.6) is 11.5 Å². The fourth-order valence-electron chi connectivity index (χ4n) is 10.3. The van der Waals surface area contributed by atoms with Gasteiger partial charge in [0.25, 0.3) is 15.9 Å². The van der Waals surface area contributed by atoms with Crippen LogP contribution in [0, 0.1) is 21.4 Å². The smallest absolute Gasteiger partial charge is 0.416 e. The molecule has 65 heavy (non-hydrogen) atoms. The lowest BCUT2D eigenvalue weighted by Gasteiger charge is -2.56. The number of nitro groups is 1.